The normalized spacial score (nSPS) is 32.8. The van der Waals surface area contributed by atoms with Gasteiger partial charge >= 0.3 is 0 Å². The smallest absolute Gasteiger partial charge is 0.146 e. The van der Waals surface area contributed by atoms with E-state index in [-0.39, 0.29) is 23.8 Å². The largest absolute Gasteiger partial charge is 0.389 e. The number of carbonyl (C=O) groups is 3. The Morgan fingerprint density at radius 3 is 2.19 bits per heavy atom. The highest BCUT2D eigenvalue weighted by atomic mass is 16.3. The van der Waals surface area contributed by atoms with Crippen molar-refractivity contribution in [1.82, 2.24) is 0 Å². The van der Waals surface area contributed by atoms with Gasteiger partial charge in [-0.3, -0.25) is 14.4 Å². The lowest BCUT2D eigenvalue weighted by Crippen LogP contribution is -2.53. The Kier molecular flexibility index (Phi) is 4.10. The van der Waals surface area contributed by atoms with Gasteiger partial charge in [0.15, 0.2) is 0 Å². The van der Waals surface area contributed by atoms with E-state index in [9.17, 15) is 19.5 Å². The molecule has 0 unspecified atom stereocenters. The van der Waals surface area contributed by atoms with Gasteiger partial charge in [-0.1, -0.05) is 30.3 Å². The van der Waals surface area contributed by atoms with Crippen LogP contribution in [0.1, 0.15) is 38.7 Å². The number of hydrogen-bond donors (Lipinski definition) is 1. The van der Waals surface area contributed by atoms with Crippen molar-refractivity contribution >= 4 is 17.3 Å². The van der Waals surface area contributed by atoms with E-state index in [1.54, 1.807) is 24.3 Å². The van der Waals surface area contributed by atoms with Crippen LogP contribution in [0.5, 0.6) is 0 Å². The summed E-state index contributed by atoms with van der Waals surface area (Å²) in [7, 11) is 0. The maximum atomic E-state index is 12.3. The van der Waals surface area contributed by atoms with Gasteiger partial charge in [-0.15, -0.1) is 0 Å². The molecule has 4 heteroatoms. The minimum Gasteiger partial charge on any atom is -0.389 e. The van der Waals surface area contributed by atoms with Gasteiger partial charge in [-0.2, -0.15) is 0 Å². The number of benzene rings is 1. The Morgan fingerprint density at radius 1 is 1.14 bits per heavy atom. The molecule has 1 aliphatic carbocycles. The van der Waals surface area contributed by atoms with Crippen LogP contribution in [0.25, 0.3) is 0 Å². The number of rotatable bonds is 3. The van der Waals surface area contributed by atoms with Crippen molar-refractivity contribution in [3.05, 3.63) is 35.9 Å². The molecule has 1 aromatic carbocycles. The van der Waals surface area contributed by atoms with Gasteiger partial charge in [0.1, 0.15) is 17.3 Å². The van der Waals surface area contributed by atoms with Gasteiger partial charge in [0, 0.05) is 12.3 Å². The summed E-state index contributed by atoms with van der Waals surface area (Å²) in [5.74, 6) is -2.97. The summed E-state index contributed by atoms with van der Waals surface area (Å²) in [6, 6.07) is 9.03. The van der Waals surface area contributed by atoms with Gasteiger partial charge in [-0.05, 0) is 26.3 Å². The summed E-state index contributed by atoms with van der Waals surface area (Å²) < 4.78 is 0. The molecular weight excluding hydrogens is 268 g/mol. The fourth-order valence-corrected chi connectivity index (χ4v) is 3.58. The third kappa shape index (κ3) is 2.81. The lowest BCUT2D eigenvalue weighted by molar-refractivity contribution is -0.151. The van der Waals surface area contributed by atoms with Crippen LogP contribution >= 0.6 is 0 Å². The van der Waals surface area contributed by atoms with Gasteiger partial charge in [0.2, 0.25) is 0 Å². The first kappa shape index (κ1) is 15.6. The Hall–Kier alpha value is -1.81. The second-order valence-corrected chi connectivity index (χ2v) is 6.11. The Bertz CT molecular complexity index is 574. The summed E-state index contributed by atoms with van der Waals surface area (Å²) in [5.41, 5.74) is -0.679. The summed E-state index contributed by atoms with van der Waals surface area (Å²) in [5, 5.41) is 10.6. The first-order valence-electron chi connectivity index (χ1n) is 7.06. The molecule has 4 nitrogen and oxygen atoms in total. The van der Waals surface area contributed by atoms with Crippen LogP contribution in [-0.4, -0.2) is 28.1 Å². The summed E-state index contributed by atoms with van der Waals surface area (Å²) >= 11 is 0. The van der Waals surface area contributed by atoms with Crippen LogP contribution in [0.15, 0.2) is 30.3 Å². The van der Waals surface area contributed by atoms with Crippen LogP contribution in [-0.2, 0) is 14.4 Å². The predicted molar refractivity (Wildman–Crippen MR) is 77.8 cm³/mol. The number of carbonyl (C=O) groups excluding carboxylic acids is 3. The molecule has 0 spiro atoms. The van der Waals surface area contributed by atoms with E-state index in [1.807, 2.05) is 6.07 Å². The molecule has 0 amide bonds. The zero-order valence-corrected chi connectivity index (χ0v) is 12.5. The Balaban J connectivity index is 2.61. The van der Waals surface area contributed by atoms with E-state index in [0.717, 1.165) is 5.56 Å². The molecule has 0 heterocycles. The van der Waals surface area contributed by atoms with Gasteiger partial charge in [0.05, 0.1) is 17.4 Å². The first-order chi connectivity index (χ1) is 9.75. The quantitative estimate of drug-likeness (QED) is 0.862. The maximum absolute atomic E-state index is 12.3. The number of hydrogen-bond acceptors (Lipinski definition) is 4. The van der Waals surface area contributed by atoms with E-state index in [4.69, 9.17) is 0 Å². The van der Waals surface area contributed by atoms with Crippen LogP contribution in [0.4, 0.5) is 0 Å². The summed E-state index contributed by atoms with van der Waals surface area (Å²) in [6.45, 7) is 4.28. The third-order valence-electron chi connectivity index (χ3n) is 4.33. The second-order valence-electron chi connectivity index (χ2n) is 6.11. The Morgan fingerprint density at radius 2 is 1.71 bits per heavy atom. The molecule has 0 radical (unpaired) electrons. The van der Waals surface area contributed by atoms with Crippen molar-refractivity contribution in [3.8, 4) is 0 Å². The summed E-state index contributed by atoms with van der Waals surface area (Å²) in [4.78, 5) is 36.4. The third-order valence-corrected chi connectivity index (χ3v) is 4.33. The molecule has 1 aliphatic rings. The highest BCUT2D eigenvalue weighted by Crippen LogP contribution is 2.46. The topological polar surface area (TPSA) is 71.4 Å². The molecule has 1 N–H and O–H groups in total. The van der Waals surface area contributed by atoms with E-state index < -0.39 is 23.4 Å². The molecule has 0 saturated heterocycles. The molecule has 21 heavy (non-hydrogen) atoms. The molecule has 1 saturated carbocycles. The minimum absolute atomic E-state index is 0.162. The van der Waals surface area contributed by atoms with Crippen LogP contribution in [0.3, 0.4) is 0 Å². The lowest BCUT2D eigenvalue weighted by Gasteiger charge is -2.44. The van der Waals surface area contributed by atoms with E-state index in [0.29, 0.717) is 0 Å². The average Bonchev–Trinajstić information content (AvgIpc) is 2.36. The molecule has 4 atom stereocenters. The van der Waals surface area contributed by atoms with E-state index in [1.165, 1.54) is 20.8 Å². The van der Waals surface area contributed by atoms with Crippen LogP contribution in [0, 0.1) is 11.8 Å². The highest BCUT2D eigenvalue weighted by molar-refractivity contribution is 6.05. The highest BCUT2D eigenvalue weighted by Gasteiger charge is 2.53. The van der Waals surface area contributed by atoms with Crippen molar-refractivity contribution in [2.24, 2.45) is 11.8 Å². The molecule has 0 aliphatic heterocycles. The number of ketones is 3. The average molecular weight is 288 g/mol. The monoisotopic (exact) mass is 288 g/mol. The lowest BCUT2D eigenvalue weighted by atomic mass is 9.60. The van der Waals surface area contributed by atoms with Crippen LogP contribution < -0.4 is 0 Å². The van der Waals surface area contributed by atoms with Crippen LogP contribution in [0.2, 0.25) is 0 Å². The first-order valence-corrected chi connectivity index (χ1v) is 7.06. The molecule has 1 aromatic rings. The fraction of sp³-hybridized carbons (Fsp3) is 0.471. The van der Waals surface area contributed by atoms with Crippen molar-refractivity contribution in [1.29, 1.82) is 0 Å². The molecule has 0 bridgehead atoms. The molecular formula is C17H20O4. The Labute approximate surface area is 124 Å². The SMILES string of the molecule is CC(=O)[C@H]1C(=O)C[C@@](C)(O)[C@@H](C(C)=O)[C@@H]1c1ccccc1. The van der Waals surface area contributed by atoms with Gasteiger partial charge in [0.25, 0.3) is 0 Å². The van der Waals surface area contributed by atoms with Crippen molar-refractivity contribution in [3.63, 3.8) is 0 Å². The van der Waals surface area contributed by atoms with E-state index >= 15 is 0 Å². The predicted octanol–water partition coefficient (Wildman–Crippen LogP) is 1.90. The van der Waals surface area contributed by atoms with E-state index in [2.05, 4.69) is 0 Å². The molecule has 0 aromatic heterocycles. The maximum Gasteiger partial charge on any atom is 0.146 e. The fourth-order valence-electron chi connectivity index (χ4n) is 3.58. The number of Topliss-reactive ketones (excluding diaryl/α,β-unsaturated/α-hetero) is 3. The van der Waals surface area contributed by atoms with Crippen molar-refractivity contribution in [2.75, 3.05) is 0 Å². The molecule has 1 fully saturated rings. The minimum atomic E-state index is -1.42. The number of aliphatic hydroxyl groups is 1. The van der Waals surface area contributed by atoms with Crippen molar-refractivity contribution < 1.29 is 19.5 Å². The molecule has 2 rings (SSSR count). The van der Waals surface area contributed by atoms with Gasteiger partial charge in [-0.25, -0.2) is 0 Å². The zero-order chi connectivity index (χ0) is 15.8. The second kappa shape index (κ2) is 5.53. The van der Waals surface area contributed by atoms with Crippen molar-refractivity contribution in [2.45, 2.75) is 38.7 Å². The zero-order valence-electron chi connectivity index (χ0n) is 12.5. The standard InChI is InChI=1S/C17H20O4/c1-10(18)14-13(20)9-17(3,21)16(11(2)19)15(14)12-7-5-4-6-8-12/h4-8,14-16,21H,9H2,1-3H3/t14-,15+,16-,17+/m0/s1. The molecule has 112 valence electrons. The summed E-state index contributed by atoms with van der Waals surface area (Å²) in [6.07, 6.45) is -0.162. The van der Waals surface area contributed by atoms with Gasteiger partial charge < -0.3 is 5.11 Å².